The van der Waals surface area contributed by atoms with Gasteiger partial charge in [-0.2, -0.15) is 0 Å². The molecule has 0 saturated heterocycles. The summed E-state index contributed by atoms with van der Waals surface area (Å²) in [7, 11) is 1.54. The average molecular weight is 258 g/mol. The number of nitrogens with zero attached hydrogens (tertiary/aromatic N) is 1. The number of pyridine rings is 1. The number of hydrogen-bond donors (Lipinski definition) is 1. The second kappa shape index (κ2) is 5.92. The molecule has 0 aliphatic rings. The Morgan fingerprint density at radius 3 is 2.75 bits per heavy atom. The Morgan fingerprint density at radius 1 is 1.50 bits per heavy atom. The molecule has 0 unspecified atom stereocenters. The van der Waals surface area contributed by atoms with Crippen molar-refractivity contribution in [1.29, 1.82) is 0 Å². The van der Waals surface area contributed by atoms with Gasteiger partial charge in [0.15, 0.2) is 6.79 Å². The van der Waals surface area contributed by atoms with Crippen molar-refractivity contribution in [3.63, 3.8) is 0 Å². The van der Waals surface area contributed by atoms with Crippen molar-refractivity contribution >= 4 is 0 Å². The summed E-state index contributed by atoms with van der Waals surface area (Å²) >= 11 is 0. The van der Waals surface area contributed by atoms with Crippen molar-refractivity contribution in [3.05, 3.63) is 18.3 Å². The second-order valence-electron chi connectivity index (χ2n) is 1.90. The molecular formula is C7H9NO3Rh. The zero-order valence-corrected chi connectivity index (χ0v) is 8.12. The van der Waals surface area contributed by atoms with Crippen molar-refractivity contribution < 1.29 is 34.1 Å². The minimum absolute atomic E-state index is 0. The molecule has 1 rings (SSSR count). The Hall–Kier alpha value is -0.667. The first-order valence-corrected chi connectivity index (χ1v) is 3.09. The van der Waals surface area contributed by atoms with Gasteiger partial charge < -0.3 is 14.6 Å². The summed E-state index contributed by atoms with van der Waals surface area (Å²) in [6.45, 7) is 0.187. The third-order valence-electron chi connectivity index (χ3n) is 1.06. The maximum Gasteiger partial charge on any atom is 0.210 e. The van der Waals surface area contributed by atoms with Gasteiger partial charge in [-0.1, -0.05) is 0 Å². The first-order valence-electron chi connectivity index (χ1n) is 3.09. The summed E-state index contributed by atoms with van der Waals surface area (Å²) < 4.78 is 9.68. The Labute approximate surface area is 83.3 Å². The molecule has 0 aliphatic carbocycles. The molecule has 0 atom stereocenters. The first kappa shape index (κ1) is 11.3. The van der Waals surface area contributed by atoms with E-state index in [4.69, 9.17) is 9.84 Å². The second-order valence-corrected chi connectivity index (χ2v) is 1.90. The molecule has 5 heteroatoms. The van der Waals surface area contributed by atoms with Gasteiger partial charge in [-0.3, -0.25) is 0 Å². The van der Waals surface area contributed by atoms with E-state index in [1.54, 1.807) is 6.07 Å². The fraction of sp³-hybridized carbons (Fsp3) is 0.286. The largest absolute Gasteiger partial charge is 0.493 e. The van der Waals surface area contributed by atoms with Crippen molar-refractivity contribution in [3.8, 4) is 11.6 Å². The molecule has 0 saturated carbocycles. The van der Waals surface area contributed by atoms with Gasteiger partial charge in [-0.15, -0.1) is 0 Å². The third-order valence-corrected chi connectivity index (χ3v) is 1.06. The maximum absolute atomic E-state index is 8.78. The molecule has 1 aromatic rings. The van der Waals surface area contributed by atoms with Crippen LogP contribution in [0.4, 0.5) is 0 Å². The fourth-order valence-electron chi connectivity index (χ4n) is 0.585. The van der Waals surface area contributed by atoms with Gasteiger partial charge in [0, 0.05) is 32.7 Å². The summed E-state index contributed by atoms with van der Waals surface area (Å²) in [6.07, 6.45) is 1.42. The summed E-state index contributed by atoms with van der Waals surface area (Å²) in [5.41, 5.74) is 0. The van der Waals surface area contributed by atoms with E-state index in [0.717, 1.165) is 0 Å². The van der Waals surface area contributed by atoms with Crippen LogP contribution in [0.15, 0.2) is 18.3 Å². The monoisotopic (exact) mass is 258 g/mol. The van der Waals surface area contributed by atoms with Crippen LogP contribution in [0.3, 0.4) is 0 Å². The first-order chi connectivity index (χ1) is 5.33. The van der Waals surface area contributed by atoms with Crippen LogP contribution in [0, 0.1) is 0 Å². The van der Waals surface area contributed by atoms with E-state index < -0.39 is 0 Å². The molecule has 0 aliphatic heterocycles. The van der Waals surface area contributed by atoms with Crippen LogP contribution in [0.1, 0.15) is 0 Å². The van der Waals surface area contributed by atoms with Crippen LogP contribution in [0.2, 0.25) is 0 Å². The van der Waals surface area contributed by atoms with Gasteiger partial charge in [-0.25, -0.2) is 4.98 Å². The Morgan fingerprint density at radius 2 is 2.25 bits per heavy atom. The van der Waals surface area contributed by atoms with Crippen LogP contribution < -0.4 is 4.74 Å². The van der Waals surface area contributed by atoms with Crippen molar-refractivity contribution in [1.82, 2.24) is 4.98 Å². The number of rotatable bonds is 3. The minimum Gasteiger partial charge on any atom is -0.493 e. The van der Waals surface area contributed by atoms with E-state index in [9.17, 15) is 0 Å². The van der Waals surface area contributed by atoms with Crippen LogP contribution in [0.25, 0.3) is 0 Å². The summed E-state index contributed by atoms with van der Waals surface area (Å²) in [5.74, 6) is 0.555. The van der Waals surface area contributed by atoms with Crippen LogP contribution >= 0.6 is 0 Å². The molecule has 0 bridgehead atoms. The third kappa shape index (κ3) is 3.65. The smallest absolute Gasteiger partial charge is 0.210 e. The van der Waals surface area contributed by atoms with E-state index in [0.29, 0.717) is 5.75 Å². The minimum atomic E-state index is -0.0187. The molecule has 1 aromatic heterocycles. The van der Waals surface area contributed by atoms with Crippen molar-refractivity contribution in [2.24, 2.45) is 0 Å². The van der Waals surface area contributed by atoms with Crippen molar-refractivity contribution in [2.75, 3.05) is 13.9 Å². The Kier molecular flexibility index (Phi) is 5.59. The number of aromatic nitrogens is 1. The molecule has 69 valence electrons. The zero-order valence-electron chi connectivity index (χ0n) is 6.48. The van der Waals surface area contributed by atoms with E-state index in [1.165, 1.54) is 19.4 Å². The zero-order chi connectivity index (χ0) is 8.10. The predicted molar refractivity (Wildman–Crippen MR) is 38.4 cm³/mol. The normalized spacial score (nSPS) is 8.75. The topological polar surface area (TPSA) is 51.6 Å². The predicted octanol–water partition coefficient (Wildman–Crippen LogP) is 0.767. The maximum atomic E-state index is 8.78. The molecule has 1 radical (unpaired) electrons. The quantitative estimate of drug-likeness (QED) is 0.642. The number of ether oxygens (including phenoxy) is 2. The van der Waals surface area contributed by atoms with Crippen molar-refractivity contribution in [2.45, 2.75) is 0 Å². The summed E-state index contributed by atoms with van der Waals surface area (Å²) in [4.78, 5) is 3.61. The van der Waals surface area contributed by atoms with Gasteiger partial charge in [-0.05, 0) is 6.07 Å². The van der Waals surface area contributed by atoms with Crippen LogP contribution in [0.5, 0.6) is 11.6 Å². The van der Waals surface area contributed by atoms with Gasteiger partial charge in [0.2, 0.25) is 5.88 Å². The Balaban J connectivity index is 0.00000121. The van der Waals surface area contributed by atoms with Gasteiger partial charge in [0.1, 0.15) is 5.75 Å². The van der Waals surface area contributed by atoms with E-state index in [2.05, 4.69) is 9.72 Å². The molecule has 1 N–H and O–H groups in total. The van der Waals surface area contributed by atoms with Crippen LogP contribution in [-0.2, 0) is 24.2 Å². The number of methoxy groups -OCH3 is 1. The molecule has 4 nitrogen and oxygen atoms in total. The molecule has 0 fully saturated rings. The fourth-order valence-corrected chi connectivity index (χ4v) is 0.585. The SMILES string of the molecule is COCOc1ccc(O)nc1.[Rh]. The molecular weight excluding hydrogens is 249 g/mol. The van der Waals surface area contributed by atoms with Crippen LogP contribution in [-0.4, -0.2) is 24.0 Å². The number of aromatic hydroxyl groups is 1. The number of hydrogen-bond acceptors (Lipinski definition) is 4. The van der Waals surface area contributed by atoms with E-state index in [-0.39, 0.29) is 32.2 Å². The van der Waals surface area contributed by atoms with Gasteiger partial charge in [0.05, 0.1) is 6.20 Å². The molecule has 0 spiro atoms. The summed E-state index contributed by atoms with van der Waals surface area (Å²) in [5, 5.41) is 8.78. The van der Waals surface area contributed by atoms with Gasteiger partial charge >= 0.3 is 0 Å². The average Bonchev–Trinajstić information content (AvgIpc) is 2.04. The van der Waals surface area contributed by atoms with E-state index >= 15 is 0 Å². The standard InChI is InChI=1S/C7H9NO3.Rh/c1-10-5-11-6-2-3-7(9)8-4-6;/h2-4H,5H2,1H3,(H,8,9);. The Bertz CT molecular complexity index is 214. The molecule has 0 amide bonds. The summed E-state index contributed by atoms with van der Waals surface area (Å²) in [6, 6.07) is 3.06. The van der Waals surface area contributed by atoms with E-state index in [1.807, 2.05) is 0 Å². The molecule has 12 heavy (non-hydrogen) atoms. The molecule has 1 heterocycles. The van der Waals surface area contributed by atoms with Gasteiger partial charge in [0.25, 0.3) is 0 Å². The molecule has 0 aromatic carbocycles.